The Kier molecular flexibility index (Phi) is 4.75. The van der Waals surface area contributed by atoms with E-state index < -0.39 is 5.97 Å². The number of methoxy groups -OCH3 is 1. The molecule has 0 saturated carbocycles. The maximum atomic E-state index is 12.4. The number of halogens is 2. The highest BCUT2D eigenvalue weighted by Crippen LogP contribution is 2.36. The number of aromatic hydroxyl groups is 1. The summed E-state index contributed by atoms with van der Waals surface area (Å²) in [5, 5.41) is 12.0. The third kappa shape index (κ3) is 3.32. The van der Waals surface area contributed by atoms with Gasteiger partial charge in [0.25, 0.3) is 0 Å². The van der Waals surface area contributed by atoms with Crippen molar-refractivity contribution in [2.45, 2.75) is 6.61 Å². The molecule has 2 aromatic carbocycles. The predicted molar refractivity (Wildman–Crippen MR) is 107 cm³/mol. The summed E-state index contributed by atoms with van der Waals surface area (Å²) in [6.07, 6.45) is 0. The van der Waals surface area contributed by atoms with E-state index >= 15 is 0 Å². The molecule has 28 heavy (non-hydrogen) atoms. The van der Waals surface area contributed by atoms with Crippen molar-refractivity contribution in [3.8, 4) is 11.5 Å². The lowest BCUT2D eigenvalue weighted by Crippen LogP contribution is -2.06. The number of nitrogens with zero attached hydrogens (tertiary/aromatic N) is 1. The van der Waals surface area contributed by atoms with Gasteiger partial charge in [0.05, 0.1) is 22.8 Å². The Balaban J connectivity index is 1.55. The van der Waals surface area contributed by atoms with Crippen molar-refractivity contribution in [3.63, 3.8) is 0 Å². The summed E-state index contributed by atoms with van der Waals surface area (Å²) in [4.78, 5) is 19.7. The van der Waals surface area contributed by atoms with Crippen LogP contribution in [0.5, 0.6) is 11.5 Å². The van der Waals surface area contributed by atoms with Gasteiger partial charge in [-0.3, -0.25) is 0 Å². The van der Waals surface area contributed by atoms with E-state index in [0.717, 1.165) is 10.9 Å². The Bertz CT molecular complexity index is 1220. The molecule has 0 aliphatic heterocycles. The maximum absolute atomic E-state index is 12.4. The molecule has 8 heteroatoms. The van der Waals surface area contributed by atoms with Crippen LogP contribution < -0.4 is 4.74 Å². The molecule has 0 fully saturated rings. The first-order valence-corrected chi connectivity index (χ1v) is 9.02. The van der Waals surface area contributed by atoms with Crippen LogP contribution in [0.25, 0.3) is 21.8 Å². The number of H-pyrrole nitrogens is 1. The van der Waals surface area contributed by atoms with Gasteiger partial charge in [-0.25, -0.2) is 9.78 Å². The van der Waals surface area contributed by atoms with Crippen LogP contribution >= 0.6 is 23.2 Å². The molecule has 0 saturated heterocycles. The zero-order chi connectivity index (χ0) is 19.8. The third-order valence-electron chi connectivity index (χ3n) is 4.31. The highest BCUT2D eigenvalue weighted by Gasteiger charge is 2.14. The molecular weight excluding hydrogens is 403 g/mol. The maximum Gasteiger partial charge on any atom is 0.355 e. The second kappa shape index (κ2) is 7.22. The molecule has 4 rings (SSSR count). The topological polar surface area (TPSA) is 84.4 Å². The Hall–Kier alpha value is -2.96. The number of benzene rings is 2. The van der Waals surface area contributed by atoms with E-state index in [4.69, 9.17) is 32.7 Å². The van der Waals surface area contributed by atoms with Crippen molar-refractivity contribution in [2.75, 3.05) is 7.11 Å². The van der Waals surface area contributed by atoms with Gasteiger partial charge in [0, 0.05) is 16.3 Å². The molecule has 2 heterocycles. The monoisotopic (exact) mass is 416 g/mol. The standard InChI is InChI=1S/C20H14Cl2N2O4/c1-27-12-3-5-16-10(6-12)7-17(24-16)20(26)28-9-11-2-4-13-14(21)8-15(22)19(25)18(13)23-11/h2-8,24-25H,9H2,1H3. The molecule has 6 nitrogen and oxygen atoms in total. The van der Waals surface area contributed by atoms with Gasteiger partial charge in [0.15, 0.2) is 5.75 Å². The van der Waals surface area contributed by atoms with Crippen LogP contribution in [0.15, 0.2) is 42.5 Å². The van der Waals surface area contributed by atoms with Gasteiger partial charge < -0.3 is 19.6 Å². The Morgan fingerprint density at radius 2 is 1.96 bits per heavy atom. The summed E-state index contributed by atoms with van der Waals surface area (Å²) in [6, 6.07) is 12.0. The second-order valence-electron chi connectivity index (χ2n) is 6.10. The number of aromatic amines is 1. The van der Waals surface area contributed by atoms with E-state index in [9.17, 15) is 9.90 Å². The highest BCUT2D eigenvalue weighted by molar-refractivity contribution is 6.39. The number of pyridine rings is 1. The molecule has 0 amide bonds. The number of hydrogen-bond donors (Lipinski definition) is 2. The minimum Gasteiger partial charge on any atom is -0.504 e. The molecule has 0 unspecified atom stereocenters. The van der Waals surface area contributed by atoms with Crippen LogP contribution in [0.3, 0.4) is 0 Å². The van der Waals surface area contributed by atoms with Crippen molar-refractivity contribution in [1.29, 1.82) is 0 Å². The highest BCUT2D eigenvalue weighted by atomic mass is 35.5. The number of fused-ring (bicyclic) bond motifs is 2. The average Bonchev–Trinajstić information content (AvgIpc) is 3.13. The molecule has 4 aromatic rings. The number of carbonyl (C=O) groups is 1. The smallest absolute Gasteiger partial charge is 0.355 e. The largest absolute Gasteiger partial charge is 0.504 e. The SMILES string of the molecule is COc1ccc2[nH]c(C(=O)OCc3ccc4c(Cl)cc(Cl)c(O)c4n3)cc2c1. The predicted octanol–water partition coefficient (Wildman–Crippen LogP) is 5.09. The number of ether oxygens (including phenoxy) is 2. The van der Waals surface area contributed by atoms with Crippen molar-refractivity contribution >= 4 is 51.0 Å². The fourth-order valence-corrected chi connectivity index (χ4v) is 3.40. The first-order chi connectivity index (χ1) is 13.5. The molecule has 0 bridgehead atoms. The summed E-state index contributed by atoms with van der Waals surface area (Å²) in [5.41, 5.74) is 1.82. The Morgan fingerprint density at radius 1 is 1.14 bits per heavy atom. The van der Waals surface area contributed by atoms with Crippen molar-refractivity contribution < 1.29 is 19.4 Å². The van der Waals surface area contributed by atoms with Gasteiger partial charge in [0.1, 0.15) is 23.6 Å². The normalized spacial score (nSPS) is 11.1. The lowest BCUT2D eigenvalue weighted by atomic mass is 10.2. The Labute approximate surface area is 169 Å². The minimum absolute atomic E-state index is 0.0724. The summed E-state index contributed by atoms with van der Waals surface area (Å²) >= 11 is 12.1. The molecule has 2 aromatic heterocycles. The van der Waals surface area contributed by atoms with E-state index in [1.54, 1.807) is 31.4 Å². The zero-order valence-electron chi connectivity index (χ0n) is 14.6. The molecule has 0 spiro atoms. The lowest BCUT2D eigenvalue weighted by molar-refractivity contribution is 0.0462. The van der Waals surface area contributed by atoms with Gasteiger partial charge in [-0.1, -0.05) is 23.2 Å². The first-order valence-electron chi connectivity index (χ1n) is 8.27. The number of esters is 1. The number of hydrogen-bond acceptors (Lipinski definition) is 5. The zero-order valence-corrected chi connectivity index (χ0v) is 16.1. The van der Waals surface area contributed by atoms with Crippen LogP contribution in [0.2, 0.25) is 10.0 Å². The van der Waals surface area contributed by atoms with Crippen LogP contribution in [0.1, 0.15) is 16.2 Å². The number of phenols is 1. The van der Waals surface area contributed by atoms with Crippen LogP contribution in [0, 0.1) is 0 Å². The molecule has 142 valence electrons. The van der Waals surface area contributed by atoms with Crippen molar-refractivity contribution in [3.05, 3.63) is 63.9 Å². The molecule has 0 aliphatic rings. The van der Waals surface area contributed by atoms with Gasteiger partial charge in [0.2, 0.25) is 0 Å². The lowest BCUT2D eigenvalue weighted by Gasteiger charge is -2.08. The van der Waals surface area contributed by atoms with E-state index in [2.05, 4.69) is 9.97 Å². The number of aromatic nitrogens is 2. The second-order valence-corrected chi connectivity index (χ2v) is 6.91. The minimum atomic E-state index is -0.523. The molecular formula is C20H14Cl2N2O4. The quantitative estimate of drug-likeness (QED) is 0.452. The van der Waals surface area contributed by atoms with Crippen molar-refractivity contribution in [2.24, 2.45) is 0 Å². The van der Waals surface area contributed by atoms with Crippen LogP contribution in [-0.2, 0) is 11.3 Å². The van der Waals surface area contributed by atoms with E-state index in [-0.39, 0.29) is 22.9 Å². The molecule has 0 radical (unpaired) electrons. The first kappa shape index (κ1) is 18.4. The molecule has 0 aliphatic carbocycles. The fraction of sp³-hybridized carbons (Fsp3) is 0.100. The number of carbonyl (C=O) groups excluding carboxylic acids is 1. The fourth-order valence-electron chi connectivity index (χ4n) is 2.89. The molecule has 0 atom stereocenters. The number of nitrogens with one attached hydrogen (secondary N) is 1. The average molecular weight is 417 g/mol. The van der Waals surface area contributed by atoms with E-state index in [0.29, 0.717) is 27.5 Å². The summed E-state index contributed by atoms with van der Waals surface area (Å²) in [7, 11) is 1.58. The summed E-state index contributed by atoms with van der Waals surface area (Å²) < 4.78 is 10.5. The number of phenolic OH excluding ortho intramolecular Hbond substituents is 1. The summed E-state index contributed by atoms with van der Waals surface area (Å²) in [6.45, 7) is -0.0724. The summed E-state index contributed by atoms with van der Waals surface area (Å²) in [5.74, 6) is 0.00753. The van der Waals surface area contributed by atoms with Crippen LogP contribution in [0.4, 0.5) is 0 Å². The molecule has 2 N–H and O–H groups in total. The van der Waals surface area contributed by atoms with E-state index in [1.165, 1.54) is 6.07 Å². The van der Waals surface area contributed by atoms with Crippen LogP contribution in [-0.4, -0.2) is 28.2 Å². The third-order valence-corrected chi connectivity index (χ3v) is 4.91. The van der Waals surface area contributed by atoms with E-state index in [1.807, 2.05) is 12.1 Å². The van der Waals surface area contributed by atoms with Gasteiger partial charge >= 0.3 is 5.97 Å². The number of rotatable bonds is 4. The van der Waals surface area contributed by atoms with Gasteiger partial charge in [-0.2, -0.15) is 0 Å². The van der Waals surface area contributed by atoms with Gasteiger partial charge in [-0.05, 0) is 42.5 Å². The van der Waals surface area contributed by atoms with Crippen molar-refractivity contribution in [1.82, 2.24) is 9.97 Å². The van der Waals surface area contributed by atoms with Gasteiger partial charge in [-0.15, -0.1) is 0 Å². The Morgan fingerprint density at radius 3 is 2.75 bits per heavy atom.